The van der Waals surface area contributed by atoms with Crippen molar-refractivity contribution >= 4 is 41.5 Å². The predicted molar refractivity (Wildman–Crippen MR) is 178 cm³/mol. The minimum atomic E-state index is 0.375. The summed E-state index contributed by atoms with van der Waals surface area (Å²) in [5.74, 6) is 2.29. The molecule has 1 unspecified atom stereocenters. The van der Waals surface area contributed by atoms with E-state index in [0.717, 1.165) is 59.8 Å². The molecule has 3 heterocycles. The van der Waals surface area contributed by atoms with E-state index in [9.17, 15) is 4.79 Å². The van der Waals surface area contributed by atoms with Crippen LogP contribution in [0.25, 0.3) is 11.6 Å². The number of piperidine rings is 1. The maximum absolute atomic E-state index is 10.8. The molecule has 4 rings (SSSR count). The number of carbonyl (C=O) groups excluding carboxylic acids is 1. The summed E-state index contributed by atoms with van der Waals surface area (Å²) in [5.41, 5.74) is 5.13. The van der Waals surface area contributed by atoms with Crippen molar-refractivity contribution in [2.75, 3.05) is 50.5 Å². The van der Waals surface area contributed by atoms with Gasteiger partial charge < -0.3 is 20.5 Å². The monoisotopic (exact) mass is 558 g/mol. The van der Waals surface area contributed by atoms with Gasteiger partial charge in [0, 0.05) is 55.1 Å². The van der Waals surface area contributed by atoms with Crippen molar-refractivity contribution in [1.82, 2.24) is 9.88 Å². The average Bonchev–Trinajstić information content (AvgIpc) is 3.01. The highest BCUT2D eigenvalue weighted by Crippen LogP contribution is 2.41. The Hall–Kier alpha value is -3.58. The molecule has 7 heteroatoms. The fraction of sp³-hybridized carbons (Fsp3) is 0.471. The van der Waals surface area contributed by atoms with Crippen LogP contribution in [-0.2, 0) is 0 Å². The number of hydrogen-bond donors (Lipinski definition) is 2. The minimum absolute atomic E-state index is 0.375. The molecule has 1 spiro atoms. The van der Waals surface area contributed by atoms with Crippen LogP contribution in [0.1, 0.15) is 75.4 Å². The number of rotatable bonds is 8. The van der Waals surface area contributed by atoms with Crippen molar-refractivity contribution in [3.63, 3.8) is 0 Å². The first kappa shape index (κ1) is 33.6. The van der Waals surface area contributed by atoms with Gasteiger partial charge in [-0.1, -0.05) is 58.6 Å². The molecule has 1 aromatic carbocycles. The molecule has 0 amide bonds. The molecule has 2 fully saturated rings. The molecule has 2 aliphatic rings. The summed E-state index contributed by atoms with van der Waals surface area (Å²) in [6.45, 7) is 18.7. The van der Waals surface area contributed by atoms with Crippen LogP contribution in [0, 0.1) is 16.7 Å². The molecule has 41 heavy (non-hydrogen) atoms. The number of allylic oxidation sites excluding steroid dienone is 2. The number of anilines is 2. The van der Waals surface area contributed by atoms with E-state index in [1.165, 1.54) is 32.1 Å². The van der Waals surface area contributed by atoms with Gasteiger partial charge in [-0.25, -0.2) is 4.98 Å². The SMILES string of the molecule is C=Cc1ccc(/C(C=N)=C/C)cc1NC(=NC)C(C)CC.CC.CN1CCC2(CC1)CN(c1cc(C=O)ccn1)C2. The summed E-state index contributed by atoms with van der Waals surface area (Å²) >= 11 is 0. The fourth-order valence-electron chi connectivity index (χ4n) is 5.10. The quantitative estimate of drug-likeness (QED) is 0.201. The van der Waals surface area contributed by atoms with Crippen LogP contribution < -0.4 is 10.2 Å². The largest absolute Gasteiger partial charge is 0.355 e. The first-order chi connectivity index (χ1) is 19.8. The molecule has 7 nitrogen and oxygen atoms in total. The van der Waals surface area contributed by atoms with E-state index in [0.29, 0.717) is 16.9 Å². The summed E-state index contributed by atoms with van der Waals surface area (Å²) in [6, 6.07) is 9.71. The van der Waals surface area contributed by atoms with Crippen molar-refractivity contribution < 1.29 is 4.79 Å². The van der Waals surface area contributed by atoms with Gasteiger partial charge in [-0.2, -0.15) is 0 Å². The maximum atomic E-state index is 10.8. The molecule has 0 aliphatic carbocycles. The summed E-state index contributed by atoms with van der Waals surface area (Å²) in [5, 5.41) is 10.9. The molecule has 2 aromatic rings. The molecular weight excluding hydrogens is 508 g/mol. The third kappa shape index (κ3) is 8.95. The van der Waals surface area contributed by atoms with Crippen molar-refractivity contribution in [3.8, 4) is 0 Å². The molecule has 1 aromatic heterocycles. The number of amidine groups is 1. The molecule has 2 N–H and O–H groups in total. The lowest BCUT2D eigenvalue weighted by atomic mass is 9.72. The third-order valence-corrected chi connectivity index (χ3v) is 7.99. The number of benzene rings is 1. The first-order valence-corrected chi connectivity index (χ1v) is 14.8. The second kappa shape index (κ2) is 16.6. The van der Waals surface area contributed by atoms with Crippen LogP contribution in [0.15, 0.2) is 54.2 Å². The van der Waals surface area contributed by atoms with Crippen LogP contribution in [0.5, 0.6) is 0 Å². The van der Waals surface area contributed by atoms with Crippen LogP contribution >= 0.6 is 0 Å². The first-order valence-electron chi connectivity index (χ1n) is 14.8. The molecular formula is C34H50N6O. The molecule has 2 saturated heterocycles. The number of hydrogen-bond acceptors (Lipinski definition) is 6. The highest BCUT2D eigenvalue weighted by atomic mass is 16.1. The minimum Gasteiger partial charge on any atom is -0.355 e. The summed E-state index contributed by atoms with van der Waals surface area (Å²) in [4.78, 5) is 24.2. The molecule has 222 valence electrons. The van der Waals surface area contributed by atoms with Gasteiger partial charge in [-0.15, -0.1) is 0 Å². The van der Waals surface area contributed by atoms with Gasteiger partial charge in [0.2, 0.25) is 0 Å². The molecule has 2 aliphatic heterocycles. The maximum Gasteiger partial charge on any atom is 0.150 e. The Morgan fingerprint density at radius 2 is 1.90 bits per heavy atom. The van der Waals surface area contributed by atoms with Gasteiger partial charge in [0.25, 0.3) is 0 Å². The lowest BCUT2D eigenvalue weighted by molar-refractivity contribution is 0.0900. The Balaban J connectivity index is 0.000000272. The van der Waals surface area contributed by atoms with Crippen molar-refractivity contribution in [2.45, 2.75) is 53.9 Å². The molecule has 0 radical (unpaired) electrons. The number of aldehydes is 1. The van der Waals surface area contributed by atoms with E-state index >= 15 is 0 Å². The number of likely N-dealkylation sites (tertiary alicyclic amines) is 1. The Morgan fingerprint density at radius 3 is 2.44 bits per heavy atom. The Bertz CT molecular complexity index is 1200. The average molecular weight is 559 g/mol. The molecule has 0 saturated carbocycles. The lowest BCUT2D eigenvalue weighted by Gasteiger charge is -2.54. The molecule has 0 bridgehead atoms. The number of nitrogens with zero attached hydrogens (tertiary/aromatic N) is 4. The fourth-order valence-corrected chi connectivity index (χ4v) is 5.10. The molecule has 1 atom stereocenters. The summed E-state index contributed by atoms with van der Waals surface area (Å²) in [6.07, 6.45) is 11.3. The van der Waals surface area contributed by atoms with Gasteiger partial charge in [0.15, 0.2) is 0 Å². The second-order valence-corrected chi connectivity index (χ2v) is 10.7. The standard InChI is InChI=1S/C18H25N3.C14H19N3O.C2H6/c1-6-13(4)18(20-5)21-17-11-16(15(8-3)12-19)10-9-14(17)7-2;1-16-6-3-14(4-7-16)10-17(11-14)13-8-12(9-18)2-5-15-13;1-2/h7-13,19H,2,6H2,1,3-5H3,(H,20,21);2,5,8-9H,3-4,6-7,10-11H2,1H3;1-2H3/b15-8+,19-12?;;. The topological polar surface area (TPSA) is 84.7 Å². The van der Waals surface area contributed by atoms with Gasteiger partial charge in [0.1, 0.15) is 17.9 Å². The normalized spacial score (nSPS) is 17.2. The van der Waals surface area contributed by atoms with Crippen molar-refractivity contribution in [1.29, 1.82) is 5.41 Å². The van der Waals surface area contributed by atoms with E-state index < -0.39 is 0 Å². The predicted octanol–water partition coefficient (Wildman–Crippen LogP) is 7.32. The van der Waals surface area contributed by atoms with Crippen LogP contribution in [0.4, 0.5) is 11.5 Å². The highest BCUT2D eigenvalue weighted by Gasteiger charge is 2.44. The van der Waals surface area contributed by atoms with Gasteiger partial charge in [0.05, 0.1) is 0 Å². The van der Waals surface area contributed by atoms with E-state index in [1.807, 2.05) is 57.2 Å². The van der Waals surface area contributed by atoms with Crippen molar-refractivity contribution in [2.24, 2.45) is 16.3 Å². The van der Waals surface area contributed by atoms with E-state index in [-0.39, 0.29) is 0 Å². The number of carbonyl (C=O) groups is 1. The number of aliphatic imine (C=N–C) groups is 1. The zero-order chi connectivity index (χ0) is 30.4. The summed E-state index contributed by atoms with van der Waals surface area (Å²) < 4.78 is 0. The van der Waals surface area contributed by atoms with Crippen LogP contribution in [-0.4, -0.2) is 68.5 Å². The Labute approximate surface area is 248 Å². The Morgan fingerprint density at radius 1 is 1.22 bits per heavy atom. The van der Waals surface area contributed by atoms with Gasteiger partial charge in [-0.3, -0.25) is 9.79 Å². The van der Waals surface area contributed by atoms with E-state index in [2.05, 4.69) is 52.6 Å². The number of pyridine rings is 1. The zero-order valence-corrected chi connectivity index (χ0v) is 26.2. The highest BCUT2D eigenvalue weighted by molar-refractivity contribution is 6.09. The lowest BCUT2D eigenvalue weighted by Crippen LogP contribution is -2.60. The Kier molecular flexibility index (Phi) is 13.6. The second-order valence-electron chi connectivity index (χ2n) is 10.7. The zero-order valence-electron chi connectivity index (χ0n) is 26.2. The van der Waals surface area contributed by atoms with Crippen LogP contribution in [0.2, 0.25) is 0 Å². The van der Waals surface area contributed by atoms with Crippen molar-refractivity contribution in [3.05, 3.63) is 65.9 Å². The van der Waals surface area contributed by atoms with Crippen LogP contribution in [0.3, 0.4) is 0 Å². The summed E-state index contributed by atoms with van der Waals surface area (Å²) in [7, 11) is 4.00. The smallest absolute Gasteiger partial charge is 0.150 e. The van der Waals surface area contributed by atoms with E-state index in [1.54, 1.807) is 19.3 Å². The number of nitrogens with one attached hydrogen (secondary N) is 2. The van der Waals surface area contributed by atoms with Gasteiger partial charge in [-0.05, 0) is 81.2 Å². The van der Waals surface area contributed by atoms with Gasteiger partial charge >= 0.3 is 0 Å². The van der Waals surface area contributed by atoms with E-state index in [4.69, 9.17) is 5.41 Å². The number of aromatic nitrogens is 1. The third-order valence-electron chi connectivity index (χ3n) is 7.99.